The first kappa shape index (κ1) is 21.8. The van der Waals surface area contributed by atoms with Gasteiger partial charge in [-0.15, -0.1) is 24.0 Å². The fourth-order valence-electron chi connectivity index (χ4n) is 4.16. The van der Waals surface area contributed by atoms with Crippen molar-refractivity contribution in [1.29, 1.82) is 0 Å². The van der Waals surface area contributed by atoms with E-state index in [0.29, 0.717) is 12.5 Å². The number of benzene rings is 1. The number of anilines is 1. The standard InChI is InChI=1S/C21H29N7.HI/c1-26(2)21(14-17-6-3-4-7-18(17)15-21)16-25-19(22)27-10-12-28(13-11-27)20-23-8-5-9-24-20;/h3-9H,10-16H2,1-2H3,(H2,22,25);1H. The minimum absolute atomic E-state index is 0. The van der Waals surface area contributed by atoms with Crippen LogP contribution in [0.2, 0.25) is 0 Å². The van der Waals surface area contributed by atoms with E-state index < -0.39 is 0 Å². The maximum Gasteiger partial charge on any atom is 0.225 e. The number of aliphatic imine (C=N–C) groups is 1. The first-order valence-electron chi connectivity index (χ1n) is 9.88. The molecule has 0 atom stereocenters. The molecule has 0 spiro atoms. The van der Waals surface area contributed by atoms with E-state index in [1.807, 2.05) is 6.07 Å². The van der Waals surface area contributed by atoms with Crippen molar-refractivity contribution in [1.82, 2.24) is 19.8 Å². The van der Waals surface area contributed by atoms with Crippen LogP contribution >= 0.6 is 24.0 Å². The van der Waals surface area contributed by atoms with Crippen molar-refractivity contribution >= 4 is 35.9 Å². The Balaban J connectivity index is 0.00000240. The molecule has 1 aromatic carbocycles. The van der Waals surface area contributed by atoms with Gasteiger partial charge in [-0.1, -0.05) is 24.3 Å². The molecule has 1 aromatic heterocycles. The molecule has 2 N–H and O–H groups in total. The van der Waals surface area contributed by atoms with Crippen molar-refractivity contribution in [2.24, 2.45) is 10.7 Å². The lowest BCUT2D eigenvalue weighted by Crippen LogP contribution is -2.53. The highest BCUT2D eigenvalue weighted by Gasteiger charge is 2.39. The van der Waals surface area contributed by atoms with Crippen LogP contribution in [0.1, 0.15) is 11.1 Å². The van der Waals surface area contributed by atoms with Gasteiger partial charge in [0.05, 0.1) is 6.54 Å². The monoisotopic (exact) mass is 507 g/mol. The first-order valence-corrected chi connectivity index (χ1v) is 9.88. The molecule has 2 aliphatic rings. The molecule has 7 nitrogen and oxygen atoms in total. The van der Waals surface area contributed by atoms with Crippen molar-refractivity contribution in [2.45, 2.75) is 18.4 Å². The Bertz CT molecular complexity index is 807. The molecule has 0 amide bonds. The number of nitrogens with two attached hydrogens (primary N) is 1. The van der Waals surface area contributed by atoms with Gasteiger partial charge in [-0.25, -0.2) is 9.97 Å². The minimum Gasteiger partial charge on any atom is -0.370 e. The molecule has 2 heterocycles. The van der Waals surface area contributed by atoms with E-state index in [1.165, 1.54) is 11.1 Å². The number of hydrogen-bond donors (Lipinski definition) is 1. The lowest BCUT2D eigenvalue weighted by atomic mass is 9.94. The van der Waals surface area contributed by atoms with E-state index in [-0.39, 0.29) is 29.5 Å². The Morgan fingerprint density at radius 3 is 2.17 bits per heavy atom. The second-order valence-electron chi connectivity index (χ2n) is 7.94. The van der Waals surface area contributed by atoms with E-state index in [9.17, 15) is 0 Å². The Morgan fingerprint density at radius 1 is 1.03 bits per heavy atom. The van der Waals surface area contributed by atoms with Crippen LogP contribution < -0.4 is 10.6 Å². The van der Waals surface area contributed by atoms with Crippen molar-refractivity contribution < 1.29 is 0 Å². The van der Waals surface area contributed by atoms with Gasteiger partial charge in [-0.3, -0.25) is 4.99 Å². The molecule has 2 aromatic rings. The summed E-state index contributed by atoms with van der Waals surface area (Å²) in [4.78, 5) is 20.2. The quantitative estimate of drug-likeness (QED) is 0.386. The largest absolute Gasteiger partial charge is 0.370 e. The van der Waals surface area contributed by atoms with Gasteiger partial charge in [0.15, 0.2) is 5.96 Å². The molecule has 0 radical (unpaired) electrons. The summed E-state index contributed by atoms with van der Waals surface area (Å²) in [5.41, 5.74) is 9.25. The Kier molecular flexibility index (Phi) is 6.94. The highest BCUT2D eigenvalue weighted by Crippen LogP contribution is 2.33. The van der Waals surface area contributed by atoms with Gasteiger partial charge in [-0.2, -0.15) is 0 Å². The average Bonchev–Trinajstić information content (AvgIpc) is 3.13. The number of aromatic nitrogens is 2. The van der Waals surface area contributed by atoms with Crippen molar-refractivity contribution in [2.75, 3.05) is 51.7 Å². The number of halogens is 1. The lowest BCUT2D eigenvalue weighted by Gasteiger charge is -2.37. The summed E-state index contributed by atoms with van der Waals surface area (Å²) in [5, 5.41) is 0. The molecule has 4 rings (SSSR count). The normalized spacial score (nSPS) is 18.5. The predicted molar refractivity (Wildman–Crippen MR) is 128 cm³/mol. The number of piperazine rings is 1. The van der Waals surface area contributed by atoms with Crippen LogP contribution in [0.4, 0.5) is 5.95 Å². The molecule has 0 bridgehead atoms. The lowest BCUT2D eigenvalue weighted by molar-refractivity contribution is 0.171. The van der Waals surface area contributed by atoms with Crippen LogP contribution in [0.5, 0.6) is 0 Å². The summed E-state index contributed by atoms with van der Waals surface area (Å²) in [6.07, 6.45) is 5.60. The van der Waals surface area contributed by atoms with Crippen LogP contribution in [0.25, 0.3) is 0 Å². The van der Waals surface area contributed by atoms with Crippen molar-refractivity contribution in [3.8, 4) is 0 Å². The zero-order chi connectivity index (χ0) is 19.6. The topological polar surface area (TPSA) is 73.9 Å². The summed E-state index contributed by atoms with van der Waals surface area (Å²) < 4.78 is 0. The Labute approximate surface area is 190 Å². The molecule has 1 aliphatic heterocycles. The number of rotatable bonds is 4. The number of guanidine groups is 1. The van der Waals surface area contributed by atoms with E-state index in [1.54, 1.807) is 12.4 Å². The van der Waals surface area contributed by atoms with Gasteiger partial charge >= 0.3 is 0 Å². The third kappa shape index (κ3) is 4.63. The molecule has 1 fully saturated rings. The van der Waals surface area contributed by atoms with Crippen LogP contribution in [0.3, 0.4) is 0 Å². The highest BCUT2D eigenvalue weighted by molar-refractivity contribution is 14.0. The number of likely N-dealkylation sites (N-methyl/N-ethyl adjacent to an activating group) is 1. The van der Waals surface area contributed by atoms with Gasteiger partial charge in [0, 0.05) is 44.1 Å². The molecule has 1 saturated heterocycles. The van der Waals surface area contributed by atoms with Crippen molar-refractivity contribution in [3.63, 3.8) is 0 Å². The van der Waals surface area contributed by atoms with Gasteiger partial charge in [0.25, 0.3) is 0 Å². The number of fused-ring (bicyclic) bond motifs is 1. The fourth-order valence-corrected chi connectivity index (χ4v) is 4.16. The number of nitrogens with zero attached hydrogens (tertiary/aromatic N) is 6. The third-order valence-corrected chi connectivity index (χ3v) is 6.08. The van der Waals surface area contributed by atoms with Crippen molar-refractivity contribution in [3.05, 3.63) is 53.9 Å². The summed E-state index contributed by atoms with van der Waals surface area (Å²) in [7, 11) is 4.30. The fraction of sp³-hybridized carbons (Fsp3) is 0.476. The van der Waals surface area contributed by atoms with E-state index in [2.05, 4.69) is 63.0 Å². The SMILES string of the molecule is CN(C)C1(CN=C(N)N2CCN(c3ncccn3)CC2)Cc2ccccc2C1.I. The van der Waals surface area contributed by atoms with Crippen LogP contribution in [0, 0.1) is 0 Å². The minimum atomic E-state index is 0. The molecular formula is C21H30IN7. The molecule has 0 unspecified atom stereocenters. The highest BCUT2D eigenvalue weighted by atomic mass is 127. The summed E-state index contributed by atoms with van der Waals surface area (Å²) in [6.45, 7) is 4.09. The molecular weight excluding hydrogens is 477 g/mol. The van der Waals surface area contributed by atoms with Crippen LogP contribution in [0.15, 0.2) is 47.7 Å². The van der Waals surface area contributed by atoms with Gasteiger partial charge < -0.3 is 20.4 Å². The van der Waals surface area contributed by atoms with Crippen LogP contribution in [-0.4, -0.2) is 78.1 Å². The Morgan fingerprint density at radius 2 is 1.62 bits per heavy atom. The van der Waals surface area contributed by atoms with E-state index >= 15 is 0 Å². The zero-order valence-corrected chi connectivity index (χ0v) is 19.5. The summed E-state index contributed by atoms with van der Waals surface area (Å²) in [6, 6.07) is 10.6. The number of hydrogen-bond acceptors (Lipinski definition) is 5. The molecule has 156 valence electrons. The molecule has 0 saturated carbocycles. The molecule has 1 aliphatic carbocycles. The van der Waals surface area contributed by atoms with Gasteiger partial charge in [0.1, 0.15) is 0 Å². The molecule has 8 heteroatoms. The summed E-state index contributed by atoms with van der Waals surface area (Å²) >= 11 is 0. The maximum absolute atomic E-state index is 6.38. The zero-order valence-electron chi connectivity index (χ0n) is 17.2. The van der Waals surface area contributed by atoms with Crippen LogP contribution in [-0.2, 0) is 12.8 Å². The maximum atomic E-state index is 6.38. The van der Waals surface area contributed by atoms with Gasteiger partial charge in [-0.05, 0) is 44.1 Å². The average molecular weight is 507 g/mol. The van der Waals surface area contributed by atoms with E-state index in [0.717, 1.165) is 45.0 Å². The predicted octanol–water partition coefficient (Wildman–Crippen LogP) is 1.63. The van der Waals surface area contributed by atoms with E-state index in [4.69, 9.17) is 10.7 Å². The Hall–Kier alpha value is -1.94. The van der Waals surface area contributed by atoms with Gasteiger partial charge in [0.2, 0.25) is 5.95 Å². The summed E-state index contributed by atoms with van der Waals surface area (Å²) in [5.74, 6) is 1.43. The first-order chi connectivity index (χ1) is 13.6. The third-order valence-electron chi connectivity index (χ3n) is 6.08. The molecule has 29 heavy (non-hydrogen) atoms. The second-order valence-corrected chi connectivity index (χ2v) is 7.94. The smallest absolute Gasteiger partial charge is 0.225 e. The second kappa shape index (κ2) is 9.25.